The summed E-state index contributed by atoms with van der Waals surface area (Å²) < 4.78 is 1.80. The first-order valence-electron chi connectivity index (χ1n) is 10.5. The molecular formula is C24H30N4O2. The smallest absolute Gasteiger partial charge is 0.253 e. The Kier molecular flexibility index (Phi) is 5.88. The number of likely N-dealkylation sites (tertiary alicyclic amines) is 1. The second-order valence-electron chi connectivity index (χ2n) is 8.60. The highest BCUT2D eigenvalue weighted by Gasteiger charge is 2.28. The van der Waals surface area contributed by atoms with Gasteiger partial charge in [0.05, 0.1) is 6.20 Å². The Morgan fingerprint density at radius 2 is 2.03 bits per heavy atom. The van der Waals surface area contributed by atoms with Gasteiger partial charge >= 0.3 is 0 Å². The maximum atomic E-state index is 13.4. The third-order valence-electron chi connectivity index (χ3n) is 6.24. The number of nitrogens with zero attached hydrogens (tertiary/aromatic N) is 4. The zero-order valence-corrected chi connectivity index (χ0v) is 18.0. The van der Waals surface area contributed by atoms with E-state index in [0.717, 1.165) is 34.7 Å². The maximum Gasteiger partial charge on any atom is 0.253 e. The molecule has 1 N–H and O–H groups in total. The van der Waals surface area contributed by atoms with E-state index in [1.54, 1.807) is 4.68 Å². The van der Waals surface area contributed by atoms with Gasteiger partial charge in [-0.05, 0) is 61.3 Å². The molecule has 2 aromatic carbocycles. The number of rotatable bonds is 4. The number of benzene rings is 2. The second kappa shape index (κ2) is 8.58. The number of fused-ring (bicyclic) bond motifs is 1. The van der Waals surface area contributed by atoms with E-state index in [2.05, 4.69) is 30.2 Å². The molecule has 2 heterocycles. The minimum absolute atomic E-state index is 0.0379. The van der Waals surface area contributed by atoms with Gasteiger partial charge < -0.3 is 14.9 Å². The van der Waals surface area contributed by atoms with Crippen LogP contribution in [-0.2, 0) is 7.05 Å². The Balaban J connectivity index is 1.66. The minimum atomic E-state index is 0.0379. The fourth-order valence-electron chi connectivity index (χ4n) is 4.40. The van der Waals surface area contributed by atoms with Crippen LogP contribution < -0.4 is 0 Å². The Hall–Kier alpha value is -2.70. The monoisotopic (exact) mass is 406 g/mol. The van der Waals surface area contributed by atoms with Crippen molar-refractivity contribution in [2.75, 3.05) is 33.8 Å². The SMILES string of the molecule is CN(C)[C@@H]1CC[C@H](CO)CN(C(=O)c2ccc3c(-c4cnn(C)c4)cccc3c2)C1. The average Bonchev–Trinajstić information content (AvgIpc) is 3.06. The minimum Gasteiger partial charge on any atom is -0.396 e. The molecule has 1 aromatic heterocycles. The highest BCUT2D eigenvalue weighted by Crippen LogP contribution is 2.29. The first kappa shape index (κ1) is 20.6. The number of amides is 1. The quantitative estimate of drug-likeness (QED) is 0.724. The molecule has 0 aliphatic carbocycles. The summed E-state index contributed by atoms with van der Waals surface area (Å²) >= 11 is 0. The molecule has 3 aromatic rings. The van der Waals surface area contributed by atoms with Gasteiger partial charge in [0.2, 0.25) is 0 Å². The number of carbonyl (C=O) groups excluding carboxylic acids is 1. The van der Waals surface area contributed by atoms with Gasteiger partial charge in [-0.2, -0.15) is 5.10 Å². The predicted octanol–water partition coefficient (Wildman–Crippen LogP) is 3.02. The van der Waals surface area contributed by atoms with Gasteiger partial charge in [-0.15, -0.1) is 0 Å². The molecule has 0 radical (unpaired) electrons. The lowest BCUT2D eigenvalue weighted by atomic mass is 9.98. The number of aryl methyl sites for hydroxylation is 1. The molecule has 2 atom stereocenters. The second-order valence-corrected chi connectivity index (χ2v) is 8.60. The molecule has 0 unspecified atom stereocenters. The van der Waals surface area contributed by atoms with Crippen LogP contribution >= 0.6 is 0 Å². The van der Waals surface area contributed by atoms with Crippen LogP contribution in [0.1, 0.15) is 23.2 Å². The number of hydrogen-bond acceptors (Lipinski definition) is 4. The fraction of sp³-hybridized carbons (Fsp3) is 0.417. The van der Waals surface area contributed by atoms with E-state index in [4.69, 9.17) is 0 Å². The summed E-state index contributed by atoms with van der Waals surface area (Å²) in [5.41, 5.74) is 2.87. The molecular weight excluding hydrogens is 376 g/mol. The molecule has 4 rings (SSSR count). The molecule has 1 fully saturated rings. The molecule has 158 valence electrons. The highest BCUT2D eigenvalue weighted by atomic mass is 16.3. The lowest BCUT2D eigenvalue weighted by molar-refractivity contribution is 0.0689. The van der Waals surface area contributed by atoms with Crippen molar-refractivity contribution in [3.05, 3.63) is 54.4 Å². The number of carbonyl (C=O) groups is 1. The zero-order valence-electron chi connectivity index (χ0n) is 18.0. The first-order valence-corrected chi connectivity index (χ1v) is 10.5. The molecule has 1 saturated heterocycles. The number of aliphatic hydroxyl groups is 1. The first-order chi connectivity index (χ1) is 14.5. The van der Waals surface area contributed by atoms with E-state index in [0.29, 0.717) is 24.7 Å². The van der Waals surface area contributed by atoms with Crippen molar-refractivity contribution in [2.45, 2.75) is 18.9 Å². The summed E-state index contributed by atoms with van der Waals surface area (Å²) in [6, 6.07) is 12.4. The van der Waals surface area contributed by atoms with Crippen molar-refractivity contribution >= 4 is 16.7 Å². The topological polar surface area (TPSA) is 61.6 Å². The molecule has 1 aliphatic rings. The van der Waals surface area contributed by atoms with Crippen LogP contribution in [0.5, 0.6) is 0 Å². The summed E-state index contributed by atoms with van der Waals surface area (Å²) in [6.45, 7) is 1.42. The number of hydrogen-bond donors (Lipinski definition) is 1. The maximum absolute atomic E-state index is 13.4. The highest BCUT2D eigenvalue weighted by molar-refractivity contribution is 6.02. The third-order valence-corrected chi connectivity index (χ3v) is 6.24. The largest absolute Gasteiger partial charge is 0.396 e. The van der Waals surface area contributed by atoms with Crippen molar-refractivity contribution in [3.8, 4) is 11.1 Å². The molecule has 6 heteroatoms. The number of aromatic nitrogens is 2. The molecule has 30 heavy (non-hydrogen) atoms. The van der Waals surface area contributed by atoms with Crippen molar-refractivity contribution < 1.29 is 9.90 Å². The van der Waals surface area contributed by atoms with Gasteiger partial charge in [0.15, 0.2) is 0 Å². The van der Waals surface area contributed by atoms with Crippen LogP contribution in [-0.4, -0.2) is 70.4 Å². The standard InChI is InChI=1S/C24H30N4O2/c1-26(2)21-9-7-17(16-29)13-28(15-21)24(30)19-8-10-23-18(11-19)5-4-6-22(23)20-12-25-27(3)14-20/h4-6,8,10-12,14,17,21,29H,7,9,13,15-16H2,1-3H3/t17-,21+/m0/s1. The number of likely N-dealkylation sites (N-methyl/N-ethyl adjacent to an activating group) is 1. The van der Waals surface area contributed by atoms with E-state index in [9.17, 15) is 9.90 Å². The van der Waals surface area contributed by atoms with E-state index in [-0.39, 0.29) is 18.4 Å². The van der Waals surface area contributed by atoms with Crippen LogP contribution in [0.25, 0.3) is 21.9 Å². The van der Waals surface area contributed by atoms with Crippen molar-refractivity contribution in [3.63, 3.8) is 0 Å². The van der Waals surface area contributed by atoms with Gasteiger partial charge in [-0.3, -0.25) is 9.48 Å². The van der Waals surface area contributed by atoms with Gasteiger partial charge in [-0.25, -0.2) is 0 Å². The zero-order chi connectivity index (χ0) is 21.3. The van der Waals surface area contributed by atoms with Crippen LogP contribution in [0.15, 0.2) is 48.8 Å². The number of aliphatic hydroxyl groups excluding tert-OH is 1. The molecule has 1 aliphatic heterocycles. The summed E-state index contributed by atoms with van der Waals surface area (Å²) in [7, 11) is 6.03. The Morgan fingerprint density at radius 3 is 2.73 bits per heavy atom. The van der Waals surface area contributed by atoms with Gasteiger partial charge in [0, 0.05) is 50.1 Å². The van der Waals surface area contributed by atoms with Crippen molar-refractivity contribution in [2.24, 2.45) is 13.0 Å². The van der Waals surface area contributed by atoms with Gasteiger partial charge in [-0.1, -0.05) is 24.3 Å². The van der Waals surface area contributed by atoms with Crippen LogP contribution in [0.4, 0.5) is 0 Å². The summed E-state index contributed by atoms with van der Waals surface area (Å²) in [5, 5.41) is 16.2. The van der Waals surface area contributed by atoms with E-state index < -0.39 is 0 Å². The fourth-order valence-corrected chi connectivity index (χ4v) is 4.40. The van der Waals surface area contributed by atoms with Gasteiger partial charge in [0.1, 0.15) is 0 Å². The van der Waals surface area contributed by atoms with Crippen LogP contribution in [0.3, 0.4) is 0 Å². The molecule has 0 bridgehead atoms. The Morgan fingerprint density at radius 1 is 1.20 bits per heavy atom. The predicted molar refractivity (Wildman–Crippen MR) is 119 cm³/mol. The molecule has 6 nitrogen and oxygen atoms in total. The molecule has 0 saturated carbocycles. The van der Waals surface area contributed by atoms with E-state index in [1.807, 2.05) is 54.7 Å². The Bertz CT molecular complexity index is 1040. The lowest BCUT2D eigenvalue weighted by Gasteiger charge is -2.29. The van der Waals surface area contributed by atoms with Crippen molar-refractivity contribution in [1.82, 2.24) is 19.6 Å². The van der Waals surface area contributed by atoms with Crippen molar-refractivity contribution in [1.29, 1.82) is 0 Å². The normalized spacial score (nSPS) is 20.0. The molecule has 0 spiro atoms. The summed E-state index contributed by atoms with van der Waals surface area (Å²) in [5.74, 6) is 0.174. The van der Waals surface area contributed by atoms with E-state index in [1.165, 1.54) is 0 Å². The Labute approximate surface area is 177 Å². The van der Waals surface area contributed by atoms with Gasteiger partial charge in [0.25, 0.3) is 5.91 Å². The lowest BCUT2D eigenvalue weighted by Crippen LogP contribution is -2.42. The average molecular weight is 407 g/mol. The van der Waals surface area contributed by atoms with E-state index >= 15 is 0 Å². The third kappa shape index (κ3) is 4.11. The van der Waals surface area contributed by atoms with Crippen LogP contribution in [0.2, 0.25) is 0 Å². The summed E-state index contributed by atoms with van der Waals surface area (Å²) in [6.07, 6.45) is 5.80. The molecule has 1 amide bonds. The van der Waals surface area contributed by atoms with Crippen LogP contribution in [0, 0.1) is 5.92 Å². The summed E-state index contributed by atoms with van der Waals surface area (Å²) in [4.78, 5) is 17.5.